The van der Waals surface area contributed by atoms with Gasteiger partial charge >= 0.3 is 0 Å². The van der Waals surface area contributed by atoms with E-state index in [1.807, 2.05) is 13.8 Å². The highest BCUT2D eigenvalue weighted by molar-refractivity contribution is 5.35. The van der Waals surface area contributed by atoms with Crippen molar-refractivity contribution < 1.29 is 0 Å². The largest absolute Gasteiger partial charge is 0.385 e. The molecule has 0 fully saturated rings. The van der Waals surface area contributed by atoms with Gasteiger partial charge in [0.05, 0.1) is 0 Å². The number of likely N-dealkylation sites (N-methyl/N-ethyl adjacent to an activating group) is 1. The first-order chi connectivity index (χ1) is 7.27. The number of rotatable bonds is 3. The van der Waals surface area contributed by atoms with Gasteiger partial charge in [0.15, 0.2) is 0 Å². The van der Waals surface area contributed by atoms with E-state index in [1.165, 1.54) is 11.3 Å². The van der Waals surface area contributed by atoms with Gasteiger partial charge in [-0.05, 0) is 30.9 Å². The lowest BCUT2D eigenvalue weighted by Gasteiger charge is -2.07. The van der Waals surface area contributed by atoms with Crippen LogP contribution in [-0.4, -0.2) is 6.54 Å². The summed E-state index contributed by atoms with van der Waals surface area (Å²) in [5.41, 5.74) is 2.69. The molecule has 0 aromatic rings. The van der Waals surface area contributed by atoms with Crippen molar-refractivity contribution in [1.29, 1.82) is 0 Å². The molecule has 0 aromatic heterocycles. The molecule has 1 N–H and O–H groups in total. The molecule has 0 bridgehead atoms. The number of hydrogen-bond acceptors (Lipinski definition) is 1. The quantitative estimate of drug-likeness (QED) is 0.736. The zero-order valence-corrected chi connectivity index (χ0v) is 10.8. The van der Waals surface area contributed by atoms with E-state index in [9.17, 15) is 0 Å². The van der Waals surface area contributed by atoms with Gasteiger partial charge < -0.3 is 5.32 Å². The van der Waals surface area contributed by atoms with E-state index in [0.29, 0.717) is 5.92 Å². The smallest absolute Gasteiger partial charge is 0.0369 e. The van der Waals surface area contributed by atoms with Crippen LogP contribution in [-0.2, 0) is 0 Å². The molecule has 86 valence electrons. The maximum atomic E-state index is 3.39. The Labute approximate surface area is 95.0 Å². The van der Waals surface area contributed by atoms with Gasteiger partial charge in [0.2, 0.25) is 0 Å². The molecule has 1 rings (SSSR count). The molecule has 1 aliphatic carbocycles. The van der Waals surface area contributed by atoms with Gasteiger partial charge in [-0.3, -0.25) is 0 Å². The first-order valence-electron chi connectivity index (χ1n) is 6.11. The Kier molecular flexibility index (Phi) is 7.79. The molecule has 15 heavy (non-hydrogen) atoms. The lowest BCUT2D eigenvalue weighted by Crippen LogP contribution is -2.12. The summed E-state index contributed by atoms with van der Waals surface area (Å²) in [5.74, 6) is 0.553. The van der Waals surface area contributed by atoms with Crippen LogP contribution in [0.4, 0.5) is 0 Å². The number of allylic oxidation sites excluding steroid dienone is 5. The van der Waals surface area contributed by atoms with Crippen molar-refractivity contribution in [2.24, 2.45) is 5.92 Å². The van der Waals surface area contributed by atoms with E-state index in [-0.39, 0.29) is 0 Å². The van der Waals surface area contributed by atoms with Gasteiger partial charge in [-0.2, -0.15) is 0 Å². The van der Waals surface area contributed by atoms with Crippen LogP contribution in [0.3, 0.4) is 0 Å². The molecular formula is C14H25N. The average Bonchev–Trinajstić information content (AvgIpc) is 2.45. The minimum absolute atomic E-state index is 0.553. The van der Waals surface area contributed by atoms with Crippen LogP contribution in [0.1, 0.15) is 41.0 Å². The summed E-state index contributed by atoms with van der Waals surface area (Å²) < 4.78 is 0. The van der Waals surface area contributed by atoms with Crippen molar-refractivity contribution in [3.8, 4) is 0 Å². The lowest BCUT2D eigenvalue weighted by atomic mass is 10.1. The van der Waals surface area contributed by atoms with Gasteiger partial charge in [-0.25, -0.2) is 0 Å². The van der Waals surface area contributed by atoms with Crippen molar-refractivity contribution in [3.05, 3.63) is 35.6 Å². The van der Waals surface area contributed by atoms with Crippen LogP contribution in [0.15, 0.2) is 35.6 Å². The molecule has 1 atom stereocenters. The minimum atomic E-state index is 0.553. The standard InChI is InChI=1S/C12H19N.C2H6/c1-4-11-8-6-10(3)7-9-12(11)13-5-2;1-2/h6-10,13H,4-5H2,1-3H3;1-2H3. The van der Waals surface area contributed by atoms with Crippen molar-refractivity contribution in [3.63, 3.8) is 0 Å². The maximum Gasteiger partial charge on any atom is 0.0369 e. The highest BCUT2D eigenvalue weighted by atomic mass is 14.9. The molecule has 1 aliphatic rings. The summed E-state index contributed by atoms with van der Waals surface area (Å²) in [6.45, 7) is 11.5. The summed E-state index contributed by atoms with van der Waals surface area (Å²) in [7, 11) is 0. The Balaban J connectivity index is 0.000000921. The Morgan fingerprint density at radius 2 is 1.73 bits per heavy atom. The Morgan fingerprint density at radius 1 is 1.13 bits per heavy atom. The first-order valence-corrected chi connectivity index (χ1v) is 6.11. The number of hydrogen-bond donors (Lipinski definition) is 1. The molecule has 1 unspecified atom stereocenters. The van der Waals surface area contributed by atoms with E-state index < -0.39 is 0 Å². The molecule has 0 spiro atoms. The summed E-state index contributed by atoms with van der Waals surface area (Å²) >= 11 is 0. The third-order valence-corrected chi connectivity index (χ3v) is 2.26. The molecule has 0 aliphatic heterocycles. The molecule has 0 saturated heterocycles. The highest BCUT2D eigenvalue weighted by Gasteiger charge is 2.02. The molecule has 0 amide bonds. The normalized spacial score (nSPS) is 19.4. The summed E-state index contributed by atoms with van der Waals surface area (Å²) in [5, 5.41) is 3.39. The summed E-state index contributed by atoms with van der Waals surface area (Å²) in [4.78, 5) is 0. The van der Waals surface area contributed by atoms with Gasteiger partial charge in [0.1, 0.15) is 0 Å². The third-order valence-electron chi connectivity index (χ3n) is 2.26. The van der Waals surface area contributed by atoms with Crippen molar-refractivity contribution >= 4 is 0 Å². The Morgan fingerprint density at radius 3 is 2.27 bits per heavy atom. The maximum absolute atomic E-state index is 3.39. The lowest BCUT2D eigenvalue weighted by molar-refractivity contribution is 0.857. The first kappa shape index (κ1) is 14.0. The van der Waals surface area contributed by atoms with E-state index in [1.54, 1.807) is 0 Å². The van der Waals surface area contributed by atoms with Crippen LogP contribution in [0.5, 0.6) is 0 Å². The second kappa shape index (κ2) is 8.34. The Bertz CT molecular complexity index is 246. The van der Waals surface area contributed by atoms with Crippen LogP contribution < -0.4 is 5.32 Å². The van der Waals surface area contributed by atoms with E-state index >= 15 is 0 Å². The predicted molar refractivity (Wildman–Crippen MR) is 69.8 cm³/mol. The molecule has 0 saturated carbocycles. The second-order valence-electron chi connectivity index (χ2n) is 3.40. The van der Waals surface area contributed by atoms with Crippen LogP contribution in [0.2, 0.25) is 0 Å². The topological polar surface area (TPSA) is 12.0 Å². The monoisotopic (exact) mass is 207 g/mol. The van der Waals surface area contributed by atoms with Gasteiger partial charge in [-0.15, -0.1) is 0 Å². The summed E-state index contributed by atoms with van der Waals surface area (Å²) in [6.07, 6.45) is 10.0. The van der Waals surface area contributed by atoms with Crippen LogP contribution in [0, 0.1) is 5.92 Å². The highest BCUT2D eigenvalue weighted by Crippen LogP contribution is 2.16. The van der Waals surface area contributed by atoms with Crippen molar-refractivity contribution in [2.75, 3.05) is 6.54 Å². The van der Waals surface area contributed by atoms with E-state index in [4.69, 9.17) is 0 Å². The van der Waals surface area contributed by atoms with Crippen molar-refractivity contribution in [2.45, 2.75) is 41.0 Å². The van der Waals surface area contributed by atoms with E-state index in [2.05, 4.69) is 50.4 Å². The second-order valence-corrected chi connectivity index (χ2v) is 3.40. The zero-order valence-electron chi connectivity index (χ0n) is 10.8. The fourth-order valence-corrected chi connectivity index (χ4v) is 1.45. The van der Waals surface area contributed by atoms with E-state index in [0.717, 1.165) is 13.0 Å². The molecule has 0 heterocycles. The molecule has 1 nitrogen and oxygen atoms in total. The molecule has 1 heteroatoms. The third kappa shape index (κ3) is 4.87. The fraction of sp³-hybridized carbons (Fsp3) is 0.571. The van der Waals surface area contributed by atoms with Gasteiger partial charge in [0.25, 0.3) is 0 Å². The minimum Gasteiger partial charge on any atom is -0.385 e. The van der Waals surface area contributed by atoms with Crippen molar-refractivity contribution in [1.82, 2.24) is 5.32 Å². The van der Waals surface area contributed by atoms with Gasteiger partial charge in [0, 0.05) is 12.2 Å². The SMILES string of the molecule is CC.CCNC1=C(CC)C=CC(C)C=C1. The van der Waals surface area contributed by atoms with Gasteiger partial charge in [-0.1, -0.05) is 45.9 Å². The predicted octanol–water partition coefficient (Wildman–Crippen LogP) is 4.05. The number of nitrogens with one attached hydrogen (secondary N) is 1. The van der Waals surface area contributed by atoms with Crippen LogP contribution >= 0.6 is 0 Å². The van der Waals surface area contributed by atoms with Crippen LogP contribution in [0.25, 0.3) is 0 Å². The Hall–Kier alpha value is -0.980. The molecule has 0 aromatic carbocycles. The zero-order chi connectivity index (χ0) is 11.7. The average molecular weight is 207 g/mol. The molecular weight excluding hydrogens is 182 g/mol. The fourth-order valence-electron chi connectivity index (χ4n) is 1.45. The summed E-state index contributed by atoms with van der Waals surface area (Å²) in [6, 6.07) is 0. The molecule has 0 radical (unpaired) electrons.